The molecule has 4 nitrogen and oxygen atoms in total. The van der Waals surface area contributed by atoms with Gasteiger partial charge in [-0.1, -0.05) is 28.8 Å². The molecule has 1 saturated carbocycles. The number of carbonyl (C=O) groups excluding carboxylic acids is 1. The van der Waals surface area contributed by atoms with E-state index in [-0.39, 0.29) is 17.9 Å². The number of nitrogens with zero attached hydrogens (tertiary/aromatic N) is 1. The smallest absolute Gasteiger partial charge is 0.229 e. The lowest BCUT2D eigenvalue weighted by molar-refractivity contribution is -0.121. The minimum absolute atomic E-state index is 0.0774. The van der Waals surface area contributed by atoms with E-state index in [0.717, 1.165) is 30.2 Å². The fourth-order valence-electron chi connectivity index (χ4n) is 2.43. The van der Waals surface area contributed by atoms with Gasteiger partial charge in [-0.25, -0.2) is 0 Å². The Morgan fingerprint density at radius 3 is 2.84 bits per heavy atom. The molecule has 5 heteroatoms. The van der Waals surface area contributed by atoms with E-state index in [1.807, 2.05) is 0 Å². The first-order valence-corrected chi connectivity index (χ1v) is 7.17. The molecule has 0 aliphatic heterocycles. The number of hydrogen-bond acceptors (Lipinski definition) is 3. The zero-order chi connectivity index (χ0) is 13.8. The van der Waals surface area contributed by atoms with Crippen LogP contribution in [-0.4, -0.2) is 11.9 Å². The Balaban J connectivity index is 2.14. The van der Waals surface area contributed by atoms with Crippen molar-refractivity contribution in [1.29, 1.82) is 5.26 Å². The summed E-state index contributed by atoms with van der Waals surface area (Å²) in [5.74, 6) is -0.235. The lowest BCUT2D eigenvalue weighted by Gasteiger charge is -2.27. The molecule has 1 aliphatic carbocycles. The number of rotatable bonds is 2. The van der Waals surface area contributed by atoms with E-state index < -0.39 is 0 Å². The third-order valence-electron chi connectivity index (χ3n) is 3.52. The Bertz CT molecular complexity index is 524. The zero-order valence-corrected chi connectivity index (χ0v) is 12.1. The number of benzene rings is 1. The Morgan fingerprint density at radius 2 is 2.16 bits per heavy atom. The van der Waals surface area contributed by atoms with E-state index in [9.17, 15) is 4.79 Å². The van der Waals surface area contributed by atoms with Crippen LogP contribution in [0.4, 0.5) is 5.69 Å². The Morgan fingerprint density at radius 1 is 1.42 bits per heavy atom. The van der Waals surface area contributed by atoms with Gasteiger partial charge in [-0.05, 0) is 31.0 Å². The van der Waals surface area contributed by atoms with Crippen molar-refractivity contribution in [3.63, 3.8) is 0 Å². The Hall–Kier alpha value is -1.38. The topological polar surface area (TPSA) is 78.9 Å². The molecule has 0 aromatic heterocycles. The second-order valence-electron chi connectivity index (χ2n) is 4.85. The van der Waals surface area contributed by atoms with Gasteiger partial charge in [0.05, 0.1) is 17.2 Å². The van der Waals surface area contributed by atoms with Crippen molar-refractivity contribution < 1.29 is 4.79 Å². The summed E-state index contributed by atoms with van der Waals surface area (Å²) in [5, 5.41) is 11.9. The Kier molecular flexibility index (Phi) is 4.56. The summed E-state index contributed by atoms with van der Waals surface area (Å²) in [6.45, 7) is 0. The van der Waals surface area contributed by atoms with Gasteiger partial charge in [0.1, 0.15) is 6.07 Å². The molecule has 100 valence electrons. The predicted molar refractivity (Wildman–Crippen MR) is 77.4 cm³/mol. The third kappa shape index (κ3) is 3.34. The standard InChI is InChI=1S/C14H16BrN3O/c15-10-6-5-9(8-16)13(7-10)18-14(19)11-3-1-2-4-12(11)17/h5-7,11-12H,1-4,17H2,(H,18,19). The van der Waals surface area contributed by atoms with Gasteiger partial charge in [-0.2, -0.15) is 5.26 Å². The fourth-order valence-corrected chi connectivity index (χ4v) is 2.79. The number of halogens is 1. The van der Waals surface area contributed by atoms with Crippen LogP contribution in [0.25, 0.3) is 0 Å². The highest BCUT2D eigenvalue weighted by atomic mass is 79.9. The molecular weight excluding hydrogens is 306 g/mol. The highest BCUT2D eigenvalue weighted by Gasteiger charge is 2.28. The quantitative estimate of drug-likeness (QED) is 0.879. The van der Waals surface area contributed by atoms with Crippen LogP contribution in [0.15, 0.2) is 22.7 Å². The van der Waals surface area contributed by atoms with E-state index >= 15 is 0 Å². The summed E-state index contributed by atoms with van der Waals surface area (Å²) in [6.07, 6.45) is 3.84. The van der Waals surface area contributed by atoms with Crippen LogP contribution in [0, 0.1) is 17.2 Å². The average molecular weight is 322 g/mol. The fraction of sp³-hybridized carbons (Fsp3) is 0.429. The normalized spacial score (nSPS) is 22.6. The van der Waals surface area contributed by atoms with Gasteiger partial charge < -0.3 is 11.1 Å². The maximum absolute atomic E-state index is 12.2. The van der Waals surface area contributed by atoms with Gasteiger partial charge in [-0.15, -0.1) is 0 Å². The molecule has 2 atom stereocenters. The van der Waals surface area contributed by atoms with Crippen molar-refractivity contribution >= 4 is 27.5 Å². The van der Waals surface area contributed by atoms with Crippen LogP contribution in [0.3, 0.4) is 0 Å². The highest BCUT2D eigenvalue weighted by molar-refractivity contribution is 9.10. The Labute approximate surface area is 121 Å². The first-order chi connectivity index (χ1) is 9.11. The number of nitrogens with two attached hydrogens (primary N) is 1. The molecule has 3 N–H and O–H groups in total. The summed E-state index contributed by atoms with van der Waals surface area (Å²) in [6, 6.07) is 7.20. The molecule has 2 rings (SSSR count). The van der Waals surface area contributed by atoms with E-state index in [0.29, 0.717) is 11.3 Å². The SMILES string of the molecule is N#Cc1ccc(Br)cc1NC(=O)C1CCCCC1N. The molecule has 0 saturated heterocycles. The third-order valence-corrected chi connectivity index (χ3v) is 4.01. The monoisotopic (exact) mass is 321 g/mol. The number of hydrogen-bond donors (Lipinski definition) is 2. The number of anilines is 1. The first kappa shape index (κ1) is 14.0. The number of carbonyl (C=O) groups is 1. The van der Waals surface area contributed by atoms with Crippen molar-refractivity contribution in [2.24, 2.45) is 11.7 Å². The molecule has 1 aliphatic rings. The molecule has 19 heavy (non-hydrogen) atoms. The largest absolute Gasteiger partial charge is 0.327 e. The second-order valence-corrected chi connectivity index (χ2v) is 5.76. The number of nitriles is 1. The van der Waals surface area contributed by atoms with Crippen molar-refractivity contribution in [3.8, 4) is 6.07 Å². The molecule has 1 aromatic carbocycles. The lowest BCUT2D eigenvalue weighted by Crippen LogP contribution is -2.40. The van der Waals surface area contributed by atoms with Gasteiger partial charge in [0.2, 0.25) is 5.91 Å². The maximum Gasteiger partial charge on any atom is 0.229 e. The summed E-state index contributed by atoms with van der Waals surface area (Å²) < 4.78 is 0.828. The van der Waals surface area contributed by atoms with Crippen LogP contribution in [-0.2, 0) is 4.79 Å². The second kappa shape index (κ2) is 6.18. The molecule has 2 unspecified atom stereocenters. The van der Waals surface area contributed by atoms with E-state index in [1.54, 1.807) is 18.2 Å². The maximum atomic E-state index is 12.2. The van der Waals surface area contributed by atoms with Crippen molar-refractivity contribution in [3.05, 3.63) is 28.2 Å². The van der Waals surface area contributed by atoms with Gasteiger partial charge >= 0.3 is 0 Å². The average Bonchev–Trinajstić information content (AvgIpc) is 2.39. The van der Waals surface area contributed by atoms with Crippen LogP contribution in [0.2, 0.25) is 0 Å². The van der Waals surface area contributed by atoms with Gasteiger partial charge in [0.25, 0.3) is 0 Å². The summed E-state index contributed by atoms with van der Waals surface area (Å²) in [5.41, 5.74) is 7.00. The van der Waals surface area contributed by atoms with Crippen LogP contribution in [0.5, 0.6) is 0 Å². The van der Waals surface area contributed by atoms with E-state index in [2.05, 4.69) is 27.3 Å². The summed E-state index contributed by atoms with van der Waals surface area (Å²) in [7, 11) is 0. The van der Waals surface area contributed by atoms with Crippen LogP contribution < -0.4 is 11.1 Å². The van der Waals surface area contributed by atoms with Gasteiger partial charge in [0, 0.05) is 10.5 Å². The minimum atomic E-state index is -0.153. The molecule has 0 heterocycles. The number of amides is 1. The molecule has 1 amide bonds. The number of nitrogens with one attached hydrogen (secondary N) is 1. The van der Waals surface area contributed by atoms with Crippen LogP contribution >= 0.6 is 15.9 Å². The lowest BCUT2D eigenvalue weighted by atomic mass is 9.84. The summed E-state index contributed by atoms with van der Waals surface area (Å²) in [4.78, 5) is 12.2. The highest BCUT2D eigenvalue weighted by Crippen LogP contribution is 2.26. The molecule has 0 radical (unpaired) electrons. The van der Waals surface area contributed by atoms with Gasteiger partial charge in [0.15, 0.2) is 0 Å². The molecule has 0 bridgehead atoms. The molecule has 1 aromatic rings. The summed E-state index contributed by atoms with van der Waals surface area (Å²) >= 11 is 3.34. The zero-order valence-electron chi connectivity index (χ0n) is 10.5. The van der Waals surface area contributed by atoms with Crippen molar-refractivity contribution in [2.75, 3.05) is 5.32 Å². The first-order valence-electron chi connectivity index (χ1n) is 6.38. The molecule has 0 spiro atoms. The van der Waals surface area contributed by atoms with Crippen LogP contribution in [0.1, 0.15) is 31.2 Å². The van der Waals surface area contributed by atoms with Crippen molar-refractivity contribution in [1.82, 2.24) is 0 Å². The minimum Gasteiger partial charge on any atom is -0.327 e. The van der Waals surface area contributed by atoms with Crippen molar-refractivity contribution in [2.45, 2.75) is 31.7 Å². The van der Waals surface area contributed by atoms with Gasteiger partial charge in [-0.3, -0.25) is 4.79 Å². The predicted octanol–water partition coefficient (Wildman–Crippen LogP) is 2.78. The molecular formula is C14H16BrN3O. The van der Waals surface area contributed by atoms with E-state index in [4.69, 9.17) is 11.0 Å². The van der Waals surface area contributed by atoms with E-state index in [1.165, 1.54) is 0 Å². The molecule has 1 fully saturated rings.